The fourth-order valence-electron chi connectivity index (χ4n) is 4.67. The normalized spacial score (nSPS) is 17.6. The summed E-state index contributed by atoms with van der Waals surface area (Å²) in [6, 6.07) is 7.60. The van der Waals surface area contributed by atoms with Crippen molar-refractivity contribution < 1.29 is 18.0 Å². The summed E-state index contributed by atoms with van der Waals surface area (Å²) in [7, 11) is 4.07. The van der Waals surface area contributed by atoms with Crippen molar-refractivity contribution in [1.82, 2.24) is 15.2 Å². The molecule has 1 unspecified atom stereocenters. The Morgan fingerprint density at radius 3 is 2.48 bits per heavy atom. The van der Waals surface area contributed by atoms with Crippen molar-refractivity contribution in [2.75, 3.05) is 14.1 Å². The van der Waals surface area contributed by atoms with Crippen molar-refractivity contribution >= 4 is 16.8 Å². The molecule has 1 amide bonds. The number of nitrogens with zero attached hydrogens (tertiary/aromatic N) is 2. The highest BCUT2D eigenvalue weighted by Crippen LogP contribution is 2.38. The Hall–Kier alpha value is -2.15. The average molecular weight is 407 g/mol. The predicted octanol–water partition coefficient (Wildman–Crippen LogP) is 4.57. The smallest absolute Gasteiger partial charge is 0.351 e. The number of aromatic nitrogens is 1. The lowest BCUT2D eigenvalue weighted by molar-refractivity contribution is -0.141. The molecule has 4 nitrogen and oxygen atoms in total. The van der Waals surface area contributed by atoms with Crippen LogP contribution in [0.5, 0.6) is 0 Å². The number of hydrogen-bond acceptors (Lipinski definition) is 3. The highest BCUT2D eigenvalue weighted by atomic mass is 19.4. The minimum atomic E-state index is -4.56. The Morgan fingerprint density at radius 1 is 1.24 bits per heavy atom. The number of amides is 1. The summed E-state index contributed by atoms with van der Waals surface area (Å²) in [5.41, 5.74) is -0.466. The largest absolute Gasteiger partial charge is 0.433 e. The first-order valence-corrected chi connectivity index (χ1v) is 10.1. The molecule has 1 atom stereocenters. The van der Waals surface area contributed by atoms with Crippen LogP contribution in [0.15, 0.2) is 30.3 Å². The highest BCUT2D eigenvalue weighted by Gasteiger charge is 2.43. The van der Waals surface area contributed by atoms with Gasteiger partial charge in [0, 0.05) is 17.0 Å². The van der Waals surface area contributed by atoms with Gasteiger partial charge < -0.3 is 10.2 Å². The first kappa shape index (κ1) is 21.6. The summed E-state index contributed by atoms with van der Waals surface area (Å²) in [6.45, 7) is 2.04. The minimum absolute atomic E-state index is 0.0392. The van der Waals surface area contributed by atoms with Crippen molar-refractivity contribution in [3.05, 3.63) is 41.6 Å². The standard InChI is InChI=1S/C22H28F3N3O/c1-4-18(21(28(2)3)11-7-8-12-21)27-20(29)14-15-13-19(22(23,24)25)26-17-10-6-5-9-16(15)17/h5-6,9-10,13,18H,4,7-8,11-12,14H2,1-3H3,(H,27,29). The summed E-state index contributed by atoms with van der Waals surface area (Å²) in [5, 5.41) is 3.70. The van der Waals surface area contributed by atoms with Crippen LogP contribution in [0.1, 0.15) is 50.3 Å². The van der Waals surface area contributed by atoms with Gasteiger partial charge in [-0.3, -0.25) is 4.79 Å². The maximum absolute atomic E-state index is 13.3. The van der Waals surface area contributed by atoms with Gasteiger partial charge in [0.1, 0.15) is 5.69 Å². The molecule has 1 aliphatic carbocycles. The number of pyridine rings is 1. The van der Waals surface area contributed by atoms with E-state index in [0.717, 1.165) is 38.2 Å². The van der Waals surface area contributed by atoms with Gasteiger partial charge in [0.25, 0.3) is 0 Å². The number of halogens is 3. The quantitative estimate of drug-likeness (QED) is 0.763. The molecule has 0 aliphatic heterocycles. The van der Waals surface area contributed by atoms with Crippen molar-refractivity contribution in [3.8, 4) is 0 Å². The molecule has 0 radical (unpaired) electrons. The van der Waals surface area contributed by atoms with Crippen LogP contribution >= 0.6 is 0 Å². The van der Waals surface area contributed by atoms with E-state index in [1.165, 1.54) is 0 Å². The Kier molecular flexibility index (Phi) is 6.17. The van der Waals surface area contributed by atoms with E-state index in [1.54, 1.807) is 24.3 Å². The second kappa shape index (κ2) is 8.30. The summed E-state index contributed by atoms with van der Waals surface area (Å²) in [4.78, 5) is 18.8. The molecule has 1 aliphatic rings. The van der Waals surface area contributed by atoms with Gasteiger partial charge in [0.05, 0.1) is 11.9 Å². The van der Waals surface area contributed by atoms with E-state index in [9.17, 15) is 18.0 Å². The molecular formula is C22H28F3N3O. The van der Waals surface area contributed by atoms with Crippen LogP contribution in [0.4, 0.5) is 13.2 Å². The molecule has 1 N–H and O–H groups in total. The van der Waals surface area contributed by atoms with Gasteiger partial charge in [0.15, 0.2) is 0 Å². The Balaban J connectivity index is 1.87. The fraction of sp³-hybridized carbons (Fsp3) is 0.545. The summed E-state index contributed by atoms with van der Waals surface area (Å²) in [5.74, 6) is -0.255. The van der Waals surface area contributed by atoms with Crippen LogP contribution < -0.4 is 5.32 Å². The maximum atomic E-state index is 13.3. The number of likely N-dealkylation sites (N-methyl/N-ethyl adjacent to an activating group) is 1. The monoisotopic (exact) mass is 407 g/mol. The number of para-hydroxylation sites is 1. The molecule has 1 saturated carbocycles. The molecule has 1 aromatic heterocycles. The van der Waals surface area contributed by atoms with Crippen LogP contribution in [0, 0.1) is 0 Å². The number of benzene rings is 1. The molecule has 1 aromatic carbocycles. The fourth-order valence-corrected chi connectivity index (χ4v) is 4.67. The average Bonchev–Trinajstić information content (AvgIpc) is 3.16. The van der Waals surface area contributed by atoms with Gasteiger partial charge in [-0.15, -0.1) is 0 Å². The van der Waals surface area contributed by atoms with Gasteiger partial charge in [-0.05, 0) is 51.1 Å². The summed E-state index contributed by atoms with van der Waals surface area (Å²) >= 11 is 0. The van der Waals surface area contributed by atoms with Crippen molar-refractivity contribution in [1.29, 1.82) is 0 Å². The lowest BCUT2D eigenvalue weighted by atomic mass is 9.85. The second-order valence-corrected chi connectivity index (χ2v) is 8.09. The topological polar surface area (TPSA) is 45.2 Å². The minimum Gasteiger partial charge on any atom is -0.351 e. The lowest BCUT2D eigenvalue weighted by Gasteiger charge is -2.43. The van der Waals surface area contributed by atoms with Crippen molar-refractivity contribution in [2.24, 2.45) is 0 Å². The van der Waals surface area contributed by atoms with E-state index >= 15 is 0 Å². The SMILES string of the molecule is CCC(NC(=O)Cc1cc(C(F)(F)F)nc2ccccc12)C1(N(C)C)CCCC1. The zero-order valence-corrected chi connectivity index (χ0v) is 17.1. The third-order valence-electron chi connectivity index (χ3n) is 6.20. The molecule has 0 bridgehead atoms. The molecule has 1 heterocycles. The van der Waals surface area contributed by atoms with Crippen LogP contribution in [0.2, 0.25) is 0 Å². The predicted molar refractivity (Wildman–Crippen MR) is 108 cm³/mol. The first-order chi connectivity index (χ1) is 13.7. The molecule has 29 heavy (non-hydrogen) atoms. The molecular weight excluding hydrogens is 379 g/mol. The molecule has 1 fully saturated rings. The van der Waals surface area contributed by atoms with Gasteiger partial charge >= 0.3 is 6.18 Å². The van der Waals surface area contributed by atoms with Crippen LogP contribution in [-0.2, 0) is 17.4 Å². The number of carbonyl (C=O) groups is 1. The van der Waals surface area contributed by atoms with Crippen LogP contribution in [0.25, 0.3) is 10.9 Å². The van der Waals surface area contributed by atoms with Crippen LogP contribution in [-0.4, -0.2) is 41.5 Å². The van der Waals surface area contributed by atoms with E-state index in [4.69, 9.17) is 0 Å². The Morgan fingerprint density at radius 2 is 1.90 bits per heavy atom. The molecule has 3 rings (SSSR count). The Bertz CT molecular complexity index is 873. The second-order valence-electron chi connectivity index (χ2n) is 8.09. The number of rotatable bonds is 6. The van der Waals surface area contributed by atoms with Crippen molar-refractivity contribution in [2.45, 2.75) is 63.2 Å². The molecule has 158 valence electrons. The van der Waals surface area contributed by atoms with Gasteiger partial charge in [-0.25, -0.2) is 4.98 Å². The highest BCUT2D eigenvalue weighted by molar-refractivity contribution is 5.88. The summed E-state index contributed by atoms with van der Waals surface area (Å²) in [6.07, 6.45) is 0.369. The first-order valence-electron chi connectivity index (χ1n) is 10.1. The van der Waals surface area contributed by atoms with E-state index in [-0.39, 0.29) is 29.4 Å². The van der Waals surface area contributed by atoms with E-state index in [2.05, 4.69) is 15.2 Å². The van der Waals surface area contributed by atoms with E-state index < -0.39 is 11.9 Å². The zero-order chi connectivity index (χ0) is 21.2. The van der Waals surface area contributed by atoms with Crippen LogP contribution in [0.3, 0.4) is 0 Å². The lowest BCUT2D eigenvalue weighted by Crippen LogP contribution is -2.58. The molecule has 7 heteroatoms. The zero-order valence-electron chi connectivity index (χ0n) is 17.1. The number of alkyl halides is 3. The maximum Gasteiger partial charge on any atom is 0.433 e. The summed E-state index contributed by atoms with van der Waals surface area (Å²) < 4.78 is 39.8. The van der Waals surface area contributed by atoms with E-state index in [1.807, 2.05) is 21.0 Å². The Labute approximate surface area is 169 Å². The number of nitrogens with one attached hydrogen (secondary N) is 1. The van der Waals surface area contributed by atoms with Gasteiger partial charge in [0.2, 0.25) is 5.91 Å². The number of carbonyl (C=O) groups excluding carboxylic acids is 1. The third kappa shape index (κ3) is 4.39. The van der Waals surface area contributed by atoms with Gasteiger partial charge in [-0.2, -0.15) is 13.2 Å². The molecule has 2 aromatic rings. The number of fused-ring (bicyclic) bond motifs is 1. The van der Waals surface area contributed by atoms with E-state index in [0.29, 0.717) is 10.9 Å². The molecule has 0 saturated heterocycles. The van der Waals surface area contributed by atoms with Gasteiger partial charge in [-0.1, -0.05) is 38.0 Å². The third-order valence-corrected chi connectivity index (χ3v) is 6.20. The number of hydrogen-bond donors (Lipinski definition) is 1. The van der Waals surface area contributed by atoms with Crippen molar-refractivity contribution in [3.63, 3.8) is 0 Å². The molecule has 0 spiro atoms.